The molecule has 0 fully saturated rings. The first-order valence-electron chi connectivity index (χ1n) is 6.53. The van der Waals surface area contributed by atoms with Crippen molar-refractivity contribution in [2.45, 2.75) is 13.5 Å². The molecule has 116 valence electrons. The molecule has 2 rings (SSSR count). The minimum Gasteiger partial charge on any atom is -0.494 e. The number of rotatable bonds is 7. The Kier molecular flexibility index (Phi) is 4.95. The van der Waals surface area contributed by atoms with Gasteiger partial charge in [-0.3, -0.25) is 14.9 Å². The van der Waals surface area contributed by atoms with Crippen molar-refractivity contribution in [1.82, 2.24) is 0 Å². The van der Waals surface area contributed by atoms with E-state index in [-0.39, 0.29) is 5.00 Å². The van der Waals surface area contributed by atoms with Crippen LogP contribution >= 0.6 is 11.3 Å². The maximum Gasteiger partial charge on any atom is 0.324 e. The highest BCUT2D eigenvalue weighted by molar-refractivity contribution is 7.13. The predicted molar refractivity (Wildman–Crippen MR) is 84.4 cm³/mol. The van der Waals surface area contributed by atoms with Crippen molar-refractivity contribution in [1.29, 1.82) is 0 Å². The van der Waals surface area contributed by atoms with E-state index in [1.54, 1.807) is 23.6 Å². The summed E-state index contributed by atoms with van der Waals surface area (Å²) in [6, 6.07) is 6.50. The molecular formula is C14H15N3O4S. The number of nitro groups is 1. The normalized spacial score (nSPS) is 10.2. The van der Waals surface area contributed by atoms with Crippen LogP contribution in [0.5, 0.6) is 5.75 Å². The van der Waals surface area contributed by atoms with Gasteiger partial charge in [0.05, 0.1) is 17.1 Å². The van der Waals surface area contributed by atoms with Crippen molar-refractivity contribution in [3.05, 3.63) is 50.9 Å². The molecule has 0 aliphatic rings. The molecule has 1 heterocycles. The van der Waals surface area contributed by atoms with Crippen LogP contribution < -0.4 is 15.8 Å². The largest absolute Gasteiger partial charge is 0.494 e. The molecule has 1 aromatic heterocycles. The Labute approximate surface area is 130 Å². The Morgan fingerprint density at radius 2 is 2.23 bits per heavy atom. The Morgan fingerprint density at radius 1 is 1.45 bits per heavy atom. The summed E-state index contributed by atoms with van der Waals surface area (Å²) >= 11 is 1.06. The fourth-order valence-electron chi connectivity index (χ4n) is 1.89. The van der Waals surface area contributed by atoms with E-state index in [9.17, 15) is 14.9 Å². The first kappa shape index (κ1) is 15.8. The zero-order valence-corrected chi connectivity index (χ0v) is 12.7. The van der Waals surface area contributed by atoms with Gasteiger partial charge in [-0.25, -0.2) is 0 Å². The lowest BCUT2D eigenvalue weighted by Gasteiger charge is -2.11. The molecule has 2 aromatic rings. The number of anilines is 1. The summed E-state index contributed by atoms with van der Waals surface area (Å²) in [6.45, 7) is 2.70. The molecule has 0 saturated carbocycles. The minimum absolute atomic E-state index is 0.0821. The number of nitrogens with two attached hydrogens (primary N) is 1. The van der Waals surface area contributed by atoms with Gasteiger partial charge in [-0.2, -0.15) is 0 Å². The highest BCUT2D eigenvalue weighted by atomic mass is 32.1. The summed E-state index contributed by atoms with van der Waals surface area (Å²) < 4.78 is 5.34. The van der Waals surface area contributed by atoms with Gasteiger partial charge < -0.3 is 15.8 Å². The van der Waals surface area contributed by atoms with Crippen LogP contribution in [-0.4, -0.2) is 17.4 Å². The van der Waals surface area contributed by atoms with Crippen molar-refractivity contribution in [2.75, 3.05) is 11.9 Å². The van der Waals surface area contributed by atoms with Gasteiger partial charge in [0.1, 0.15) is 5.75 Å². The SMILES string of the molecule is CCOc1ccc(NCc2csc([N+](=O)[O-])c2)c(C(N)=O)c1. The summed E-state index contributed by atoms with van der Waals surface area (Å²) in [4.78, 5) is 21.7. The van der Waals surface area contributed by atoms with Crippen LogP contribution in [0.2, 0.25) is 0 Å². The number of carbonyl (C=O) groups is 1. The van der Waals surface area contributed by atoms with Gasteiger partial charge in [0, 0.05) is 23.7 Å². The van der Waals surface area contributed by atoms with E-state index in [0.29, 0.717) is 30.2 Å². The zero-order valence-electron chi connectivity index (χ0n) is 11.9. The molecule has 0 saturated heterocycles. The molecule has 3 N–H and O–H groups in total. The Morgan fingerprint density at radius 3 is 2.82 bits per heavy atom. The molecule has 0 aliphatic heterocycles. The van der Waals surface area contributed by atoms with Crippen molar-refractivity contribution in [3.63, 3.8) is 0 Å². The molecule has 0 aliphatic carbocycles. The van der Waals surface area contributed by atoms with E-state index in [4.69, 9.17) is 10.5 Å². The fourth-order valence-corrected chi connectivity index (χ4v) is 2.62. The maximum atomic E-state index is 11.5. The van der Waals surface area contributed by atoms with Crippen molar-refractivity contribution in [3.8, 4) is 5.75 Å². The van der Waals surface area contributed by atoms with E-state index in [1.165, 1.54) is 6.07 Å². The number of amides is 1. The van der Waals surface area contributed by atoms with Crippen LogP contribution in [0.4, 0.5) is 10.7 Å². The second-order valence-electron chi connectivity index (χ2n) is 4.41. The maximum absolute atomic E-state index is 11.5. The quantitative estimate of drug-likeness (QED) is 0.602. The lowest BCUT2D eigenvalue weighted by Crippen LogP contribution is -2.14. The number of nitrogens with one attached hydrogen (secondary N) is 1. The lowest BCUT2D eigenvalue weighted by molar-refractivity contribution is -0.380. The fraction of sp³-hybridized carbons (Fsp3) is 0.214. The van der Waals surface area contributed by atoms with Crippen molar-refractivity contribution >= 4 is 27.9 Å². The molecule has 0 atom stereocenters. The van der Waals surface area contributed by atoms with Gasteiger partial charge in [0.2, 0.25) is 0 Å². The second-order valence-corrected chi connectivity index (χ2v) is 5.30. The Balaban J connectivity index is 2.14. The average Bonchev–Trinajstić information content (AvgIpc) is 2.95. The van der Waals surface area contributed by atoms with Gasteiger partial charge in [-0.1, -0.05) is 11.3 Å². The second kappa shape index (κ2) is 6.90. The number of hydrogen-bond acceptors (Lipinski definition) is 6. The molecular weight excluding hydrogens is 306 g/mol. The first-order valence-corrected chi connectivity index (χ1v) is 7.41. The molecule has 0 radical (unpaired) electrons. The molecule has 0 spiro atoms. The third-order valence-corrected chi connectivity index (χ3v) is 3.80. The third-order valence-electron chi connectivity index (χ3n) is 2.87. The highest BCUT2D eigenvalue weighted by Crippen LogP contribution is 2.25. The third kappa shape index (κ3) is 3.73. The number of carbonyl (C=O) groups excluding carboxylic acids is 1. The lowest BCUT2D eigenvalue weighted by atomic mass is 10.1. The average molecular weight is 321 g/mol. The standard InChI is InChI=1S/C14H15N3O4S/c1-2-21-10-3-4-12(11(6-10)14(15)18)16-7-9-5-13(17(19)20)22-8-9/h3-6,8,16H,2,7H2,1H3,(H2,15,18). The molecule has 1 amide bonds. The molecule has 1 aromatic carbocycles. The number of ether oxygens (including phenoxy) is 1. The molecule has 8 heteroatoms. The number of primary amides is 1. The summed E-state index contributed by atoms with van der Waals surface area (Å²) in [7, 11) is 0. The topological polar surface area (TPSA) is 107 Å². The van der Waals surface area contributed by atoms with E-state index < -0.39 is 10.8 Å². The number of thiophene rings is 1. The summed E-state index contributed by atoms with van der Waals surface area (Å²) in [5, 5.41) is 15.5. The van der Waals surface area contributed by atoms with E-state index in [1.807, 2.05) is 6.92 Å². The van der Waals surface area contributed by atoms with E-state index in [0.717, 1.165) is 16.9 Å². The first-order chi connectivity index (χ1) is 10.5. The number of nitrogens with zero attached hydrogens (tertiary/aromatic N) is 1. The Hall–Kier alpha value is -2.61. The van der Waals surface area contributed by atoms with Crippen molar-refractivity contribution < 1.29 is 14.5 Å². The van der Waals surface area contributed by atoms with Crippen molar-refractivity contribution in [2.24, 2.45) is 5.73 Å². The van der Waals surface area contributed by atoms with Gasteiger partial charge in [0.25, 0.3) is 5.91 Å². The van der Waals surface area contributed by atoms with Crippen LogP contribution in [0.25, 0.3) is 0 Å². The van der Waals surface area contributed by atoms with E-state index in [2.05, 4.69) is 5.32 Å². The smallest absolute Gasteiger partial charge is 0.324 e. The monoisotopic (exact) mass is 321 g/mol. The Bertz CT molecular complexity index is 699. The van der Waals surface area contributed by atoms with E-state index >= 15 is 0 Å². The molecule has 7 nitrogen and oxygen atoms in total. The summed E-state index contributed by atoms with van der Waals surface area (Å²) in [6.07, 6.45) is 0. The predicted octanol–water partition coefficient (Wildman–Crippen LogP) is 2.77. The van der Waals surface area contributed by atoms with Crippen LogP contribution in [0, 0.1) is 10.1 Å². The van der Waals surface area contributed by atoms with Crippen LogP contribution in [0.3, 0.4) is 0 Å². The van der Waals surface area contributed by atoms with Gasteiger partial charge in [-0.15, -0.1) is 0 Å². The van der Waals surface area contributed by atoms with Gasteiger partial charge in [-0.05, 0) is 30.7 Å². The summed E-state index contributed by atoms with van der Waals surface area (Å²) in [5.74, 6) is -0.00614. The summed E-state index contributed by atoms with van der Waals surface area (Å²) in [5.41, 5.74) is 7.01. The zero-order chi connectivity index (χ0) is 16.1. The van der Waals surface area contributed by atoms with Gasteiger partial charge in [0.15, 0.2) is 0 Å². The molecule has 0 unspecified atom stereocenters. The number of hydrogen-bond donors (Lipinski definition) is 2. The highest BCUT2D eigenvalue weighted by Gasteiger charge is 2.12. The minimum atomic E-state index is -0.569. The van der Waals surface area contributed by atoms with Crippen LogP contribution in [0.1, 0.15) is 22.8 Å². The molecule has 0 bridgehead atoms. The molecule has 22 heavy (non-hydrogen) atoms. The van der Waals surface area contributed by atoms with Crippen LogP contribution in [-0.2, 0) is 6.54 Å². The van der Waals surface area contributed by atoms with Gasteiger partial charge >= 0.3 is 5.00 Å². The number of benzene rings is 1. The van der Waals surface area contributed by atoms with Crippen LogP contribution in [0.15, 0.2) is 29.6 Å².